The highest BCUT2D eigenvalue weighted by Crippen LogP contribution is 2.22. The van der Waals surface area contributed by atoms with Crippen LogP contribution in [0.25, 0.3) is 0 Å². The summed E-state index contributed by atoms with van der Waals surface area (Å²) in [5.41, 5.74) is 7.76. The van der Waals surface area contributed by atoms with Crippen LogP contribution in [0.2, 0.25) is 0 Å². The molecule has 0 bridgehead atoms. The number of amides is 1. The van der Waals surface area contributed by atoms with Crippen molar-refractivity contribution in [3.05, 3.63) is 29.8 Å². The largest absolute Gasteiger partial charge is 0.399 e. The second-order valence-corrected chi connectivity index (χ2v) is 4.79. The number of nitrogens with two attached hydrogens (primary N) is 1. The van der Waals surface area contributed by atoms with Gasteiger partial charge in [-0.3, -0.25) is 4.79 Å². The Morgan fingerprint density at radius 3 is 2.76 bits per heavy atom. The summed E-state index contributed by atoms with van der Waals surface area (Å²) in [5, 5.41) is 0. The lowest BCUT2D eigenvalue weighted by Crippen LogP contribution is -2.33. The van der Waals surface area contributed by atoms with Crippen LogP contribution in [-0.4, -0.2) is 23.4 Å². The molecule has 0 aliphatic carbocycles. The maximum atomic E-state index is 11.4. The highest BCUT2D eigenvalue weighted by Gasteiger charge is 2.25. The third-order valence-corrected chi connectivity index (χ3v) is 3.53. The molecule has 0 saturated carbocycles. The van der Waals surface area contributed by atoms with Gasteiger partial charge in [-0.25, -0.2) is 0 Å². The first-order valence-corrected chi connectivity index (χ1v) is 6.28. The molecule has 1 atom stereocenters. The standard InChI is InChI=1S/C14H20N2O/c1-11(17)16-10-2-3-14(16)9-6-12-4-7-13(15)8-5-12/h4-5,7-8,14H,2-3,6,9-10,15H2,1H3. The Hall–Kier alpha value is -1.51. The lowest BCUT2D eigenvalue weighted by molar-refractivity contribution is -0.129. The number of hydrogen-bond acceptors (Lipinski definition) is 2. The van der Waals surface area contributed by atoms with Crippen LogP contribution >= 0.6 is 0 Å². The van der Waals surface area contributed by atoms with Crippen LogP contribution in [0, 0.1) is 0 Å². The van der Waals surface area contributed by atoms with Crippen molar-refractivity contribution in [3.63, 3.8) is 0 Å². The molecule has 1 aromatic carbocycles. The molecule has 17 heavy (non-hydrogen) atoms. The van der Waals surface area contributed by atoms with E-state index >= 15 is 0 Å². The molecule has 0 spiro atoms. The van der Waals surface area contributed by atoms with Crippen LogP contribution in [0.5, 0.6) is 0 Å². The highest BCUT2D eigenvalue weighted by molar-refractivity contribution is 5.73. The zero-order valence-electron chi connectivity index (χ0n) is 10.4. The SMILES string of the molecule is CC(=O)N1CCCC1CCc1ccc(N)cc1. The second kappa shape index (κ2) is 5.21. The Kier molecular flexibility index (Phi) is 3.67. The lowest BCUT2D eigenvalue weighted by Gasteiger charge is -2.23. The molecule has 3 nitrogen and oxygen atoms in total. The van der Waals surface area contributed by atoms with Crippen LogP contribution in [0.4, 0.5) is 5.69 Å². The minimum atomic E-state index is 0.213. The van der Waals surface area contributed by atoms with Gasteiger partial charge in [0.15, 0.2) is 0 Å². The van der Waals surface area contributed by atoms with Gasteiger partial charge in [-0.2, -0.15) is 0 Å². The number of rotatable bonds is 3. The normalized spacial score (nSPS) is 19.6. The summed E-state index contributed by atoms with van der Waals surface area (Å²) in [6.45, 7) is 2.60. The predicted octanol–water partition coefficient (Wildman–Crippen LogP) is 2.21. The monoisotopic (exact) mass is 232 g/mol. The van der Waals surface area contributed by atoms with Crippen LogP contribution in [-0.2, 0) is 11.2 Å². The number of carbonyl (C=O) groups is 1. The van der Waals surface area contributed by atoms with Crippen molar-refractivity contribution < 1.29 is 4.79 Å². The Morgan fingerprint density at radius 2 is 2.12 bits per heavy atom. The summed E-state index contributed by atoms with van der Waals surface area (Å²) in [6.07, 6.45) is 4.37. The Bertz CT molecular complexity index is 386. The number of aryl methyl sites for hydroxylation is 1. The van der Waals surface area contributed by atoms with E-state index in [1.807, 2.05) is 17.0 Å². The molecule has 0 aromatic heterocycles. The summed E-state index contributed by atoms with van der Waals surface area (Å²) < 4.78 is 0. The molecule has 1 aliphatic rings. The van der Waals surface area contributed by atoms with Gasteiger partial charge in [0.05, 0.1) is 0 Å². The molecular weight excluding hydrogens is 212 g/mol. The van der Waals surface area contributed by atoms with E-state index in [0.717, 1.165) is 37.9 Å². The van der Waals surface area contributed by atoms with E-state index in [2.05, 4.69) is 12.1 Å². The minimum Gasteiger partial charge on any atom is -0.399 e. The van der Waals surface area contributed by atoms with Crippen molar-refractivity contribution in [3.8, 4) is 0 Å². The predicted molar refractivity (Wildman–Crippen MR) is 69.6 cm³/mol. The van der Waals surface area contributed by atoms with Crippen molar-refractivity contribution >= 4 is 11.6 Å². The number of hydrogen-bond donors (Lipinski definition) is 1. The smallest absolute Gasteiger partial charge is 0.219 e. The summed E-state index contributed by atoms with van der Waals surface area (Å²) in [4.78, 5) is 13.4. The molecule has 1 fully saturated rings. The average molecular weight is 232 g/mol. The maximum Gasteiger partial charge on any atom is 0.219 e. The second-order valence-electron chi connectivity index (χ2n) is 4.79. The molecule has 0 radical (unpaired) electrons. The van der Waals surface area contributed by atoms with Gasteiger partial charge < -0.3 is 10.6 Å². The Labute approximate surface area is 103 Å². The minimum absolute atomic E-state index is 0.213. The van der Waals surface area contributed by atoms with Gasteiger partial charge in [-0.15, -0.1) is 0 Å². The fourth-order valence-electron chi connectivity index (χ4n) is 2.57. The number of nitrogens with zero attached hydrogens (tertiary/aromatic N) is 1. The zero-order valence-corrected chi connectivity index (χ0v) is 10.4. The first-order valence-electron chi connectivity index (χ1n) is 6.28. The fraction of sp³-hybridized carbons (Fsp3) is 0.500. The van der Waals surface area contributed by atoms with E-state index in [4.69, 9.17) is 5.73 Å². The van der Waals surface area contributed by atoms with Gasteiger partial charge in [-0.05, 0) is 43.4 Å². The lowest BCUT2D eigenvalue weighted by atomic mass is 10.0. The van der Waals surface area contributed by atoms with Gasteiger partial charge in [0.2, 0.25) is 5.91 Å². The van der Waals surface area contributed by atoms with Crippen LogP contribution < -0.4 is 5.73 Å². The van der Waals surface area contributed by atoms with E-state index in [9.17, 15) is 4.79 Å². The van der Waals surface area contributed by atoms with Gasteiger partial charge >= 0.3 is 0 Å². The van der Waals surface area contributed by atoms with Crippen LogP contribution in [0.1, 0.15) is 31.7 Å². The topological polar surface area (TPSA) is 46.3 Å². The third-order valence-electron chi connectivity index (χ3n) is 3.53. The number of likely N-dealkylation sites (tertiary alicyclic amines) is 1. The van der Waals surface area contributed by atoms with E-state index < -0.39 is 0 Å². The van der Waals surface area contributed by atoms with Gasteiger partial charge in [0.1, 0.15) is 0 Å². The quantitative estimate of drug-likeness (QED) is 0.812. The van der Waals surface area contributed by atoms with E-state index in [1.54, 1.807) is 6.92 Å². The van der Waals surface area contributed by atoms with E-state index in [-0.39, 0.29) is 5.91 Å². The molecule has 92 valence electrons. The number of carbonyl (C=O) groups excluding carboxylic acids is 1. The first kappa shape index (κ1) is 12.0. The van der Waals surface area contributed by atoms with Crippen molar-refractivity contribution in [2.24, 2.45) is 0 Å². The first-order chi connectivity index (χ1) is 8.16. The molecule has 1 aliphatic heterocycles. The summed E-state index contributed by atoms with van der Waals surface area (Å²) >= 11 is 0. The third kappa shape index (κ3) is 2.99. The average Bonchev–Trinajstić information content (AvgIpc) is 2.76. The van der Waals surface area contributed by atoms with Crippen LogP contribution in [0.3, 0.4) is 0 Å². The molecule has 1 amide bonds. The van der Waals surface area contributed by atoms with E-state index in [1.165, 1.54) is 5.56 Å². The molecule has 1 unspecified atom stereocenters. The molecule has 1 heterocycles. The highest BCUT2D eigenvalue weighted by atomic mass is 16.2. The van der Waals surface area contributed by atoms with Crippen molar-refractivity contribution in [2.45, 2.75) is 38.6 Å². The Balaban J connectivity index is 1.89. The van der Waals surface area contributed by atoms with Crippen molar-refractivity contribution in [2.75, 3.05) is 12.3 Å². The number of benzene rings is 1. The summed E-state index contributed by atoms with van der Waals surface area (Å²) in [7, 11) is 0. The molecule has 2 rings (SSSR count). The van der Waals surface area contributed by atoms with Gasteiger partial charge in [0.25, 0.3) is 0 Å². The van der Waals surface area contributed by atoms with Crippen molar-refractivity contribution in [1.29, 1.82) is 0 Å². The number of nitrogen functional groups attached to an aromatic ring is 1. The molecule has 3 heteroatoms. The molecule has 1 aromatic rings. The maximum absolute atomic E-state index is 11.4. The Morgan fingerprint density at radius 1 is 1.41 bits per heavy atom. The molecule has 2 N–H and O–H groups in total. The molecular formula is C14H20N2O. The van der Waals surface area contributed by atoms with Gasteiger partial charge in [0, 0.05) is 25.2 Å². The van der Waals surface area contributed by atoms with Crippen molar-refractivity contribution in [1.82, 2.24) is 4.90 Å². The zero-order chi connectivity index (χ0) is 12.3. The molecule has 1 saturated heterocycles. The van der Waals surface area contributed by atoms with Crippen LogP contribution in [0.15, 0.2) is 24.3 Å². The summed E-state index contributed by atoms with van der Waals surface area (Å²) in [6, 6.07) is 8.45. The fourth-order valence-corrected chi connectivity index (χ4v) is 2.57. The van der Waals surface area contributed by atoms with E-state index in [0.29, 0.717) is 6.04 Å². The van der Waals surface area contributed by atoms with Gasteiger partial charge in [-0.1, -0.05) is 12.1 Å². The number of anilines is 1. The summed E-state index contributed by atoms with van der Waals surface area (Å²) in [5.74, 6) is 0.213.